The number of nitro groups is 1. The third-order valence-corrected chi connectivity index (χ3v) is 5.70. The standard InChI is InChI=1S/C20H18BrN5O4S/c1-13(27)22-11-10-19-23-24-20(25(19)16-8-4-15(21)5-9-16)31-12-18(28)14-2-6-17(7-3-14)26(29)30/h2-9H,10-12H2,1H3,(H,22,27). The molecule has 0 saturated carbocycles. The molecule has 1 amide bonds. The summed E-state index contributed by atoms with van der Waals surface area (Å²) in [7, 11) is 0. The molecule has 0 spiro atoms. The number of thioether (sulfide) groups is 1. The Morgan fingerprint density at radius 1 is 1.13 bits per heavy atom. The number of ketones is 1. The molecule has 31 heavy (non-hydrogen) atoms. The molecule has 3 aromatic rings. The minimum Gasteiger partial charge on any atom is -0.356 e. The van der Waals surface area contributed by atoms with Crippen LogP contribution in [-0.4, -0.2) is 43.7 Å². The van der Waals surface area contributed by atoms with Gasteiger partial charge in [0.15, 0.2) is 10.9 Å². The van der Waals surface area contributed by atoms with E-state index in [1.807, 2.05) is 28.8 Å². The Hall–Kier alpha value is -3.05. The number of benzene rings is 2. The fraction of sp³-hybridized carbons (Fsp3) is 0.200. The number of carbonyl (C=O) groups is 2. The third-order valence-electron chi connectivity index (χ3n) is 4.24. The van der Waals surface area contributed by atoms with Crippen LogP contribution in [0.4, 0.5) is 5.69 Å². The first-order chi connectivity index (χ1) is 14.8. The second-order valence-electron chi connectivity index (χ2n) is 6.46. The van der Waals surface area contributed by atoms with Crippen molar-refractivity contribution in [1.29, 1.82) is 0 Å². The van der Waals surface area contributed by atoms with Crippen molar-refractivity contribution in [2.75, 3.05) is 12.3 Å². The van der Waals surface area contributed by atoms with Crippen molar-refractivity contribution in [2.45, 2.75) is 18.5 Å². The molecule has 0 aliphatic rings. The molecule has 0 bridgehead atoms. The summed E-state index contributed by atoms with van der Waals surface area (Å²) in [4.78, 5) is 34.0. The summed E-state index contributed by atoms with van der Waals surface area (Å²) in [5, 5.41) is 22.5. The summed E-state index contributed by atoms with van der Waals surface area (Å²) in [5.74, 6) is 0.447. The van der Waals surface area contributed by atoms with Crippen LogP contribution in [0.1, 0.15) is 23.1 Å². The van der Waals surface area contributed by atoms with E-state index in [1.54, 1.807) is 0 Å². The number of nitrogens with one attached hydrogen (secondary N) is 1. The van der Waals surface area contributed by atoms with Gasteiger partial charge in [-0.15, -0.1) is 10.2 Å². The van der Waals surface area contributed by atoms with Crippen molar-refractivity contribution < 1.29 is 14.5 Å². The van der Waals surface area contributed by atoms with Gasteiger partial charge in [-0.25, -0.2) is 0 Å². The van der Waals surface area contributed by atoms with Crippen LogP contribution in [0.15, 0.2) is 58.2 Å². The highest BCUT2D eigenvalue weighted by Crippen LogP contribution is 2.25. The van der Waals surface area contributed by atoms with E-state index in [0.29, 0.717) is 29.5 Å². The zero-order valence-electron chi connectivity index (χ0n) is 16.4. The molecule has 0 saturated heterocycles. The summed E-state index contributed by atoms with van der Waals surface area (Å²) < 4.78 is 2.77. The normalized spacial score (nSPS) is 10.6. The first-order valence-corrected chi connectivity index (χ1v) is 11.0. The van der Waals surface area contributed by atoms with Crippen LogP contribution < -0.4 is 5.32 Å². The molecule has 0 radical (unpaired) electrons. The summed E-state index contributed by atoms with van der Waals surface area (Å²) >= 11 is 4.64. The quantitative estimate of drug-likeness (QED) is 0.205. The van der Waals surface area contributed by atoms with Crippen LogP contribution in [0.3, 0.4) is 0 Å². The van der Waals surface area contributed by atoms with Gasteiger partial charge >= 0.3 is 0 Å². The van der Waals surface area contributed by atoms with E-state index in [4.69, 9.17) is 0 Å². The number of hydrogen-bond acceptors (Lipinski definition) is 7. The summed E-state index contributed by atoms with van der Waals surface area (Å²) in [6, 6.07) is 13.1. The number of amides is 1. The molecule has 0 aliphatic carbocycles. The Bertz CT molecular complexity index is 1100. The topological polar surface area (TPSA) is 120 Å². The molecule has 1 heterocycles. The lowest BCUT2D eigenvalue weighted by molar-refractivity contribution is -0.384. The molecule has 0 fully saturated rings. The van der Waals surface area contributed by atoms with Crippen molar-refractivity contribution >= 4 is 45.1 Å². The molecule has 0 atom stereocenters. The average molecular weight is 504 g/mol. The average Bonchev–Trinajstić information content (AvgIpc) is 3.15. The smallest absolute Gasteiger partial charge is 0.269 e. The van der Waals surface area contributed by atoms with Crippen molar-refractivity contribution in [3.63, 3.8) is 0 Å². The zero-order chi connectivity index (χ0) is 22.4. The van der Waals surface area contributed by atoms with Gasteiger partial charge in [0.05, 0.1) is 10.7 Å². The van der Waals surface area contributed by atoms with E-state index >= 15 is 0 Å². The molecule has 11 heteroatoms. The van der Waals surface area contributed by atoms with Crippen molar-refractivity contribution in [1.82, 2.24) is 20.1 Å². The minimum atomic E-state index is -0.508. The van der Waals surface area contributed by atoms with Crippen LogP contribution in [-0.2, 0) is 11.2 Å². The summed E-state index contributed by atoms with van der Waals surface area (Å²) in [6.07, 6.45) is 0.472. The Morgan fingerprint density at radius 2 is 1.81 bits per heavy atom. The zero-order valence-corrected chi connectivity index (χ0v) is 18.9. The first kappa shape index (κ1) is 22.6. The fourth-order valence-corrected chi connectivity index (χ4v) is 3.87. The van der Waals surface area contributed by atoms with E-state index in [1.165, 1.54) is 43.0 Å². The molecule has 1 N–H and O–H groups in total. The predicted molar refractivity (Wildman–Crippen MR) is 120 cm³/mol. The van der Waals surface area contributed by atoms with E-state index < -0.39 is 4.92 Å². The Labute approximate surface area is 190 Å². The second kappa shape index (κ2) is 10.3. The van der Waals surface area contributed by atoms with Crippen molar-refractivity contribution in [2.24, 2.45) is 0 Å². The number of hydrogen-bond donors (Lipinski definition) is 1. The highest BCUT2D eigenvalue weighted by molar-refractivity contribution is 9.10. The maximum absolute atomic E-state index is 12.5. The number of nitro benzene ring substituents is 1. The van der Waals surface area contributed by atoms with Gasteiger partial charge in [0.25, 0.3) is 5.69 Å². The number of non-ortho nitro benzene ring substituents is 1. The van der Waals surface area contributed by atoms with Crippen LogP contribution in [0.5, 0.6) is 0 Å². The molecule has 0 aliphatic heterocycles. The molecule has 0 unspecified atom stereocenters. The van der Waals surface area contributed by atoms with Gasteiger partial charge < -0.3 is 5.32 Å². The van der Waals surface area contributed by atoms with E-state index in [-0.39, 0.29) is 23.1 Å². The largest absolute Gasteiger partial charge is 0.356 e. The fourth-order valence-electron chi connectivity index (χ4n) is 2.74. The lowest BCUT2D eigenvalue weighted by Crippen LogP contribution is -2.23. The molecular formula is C20H18BrN5O4S. The van der Waals surface area contributed by atoms with Gasteiger partial charge in [-0.3, -0.25) is 24.3 Å². The molecule has 2 aromatic carbocycles. The highest BCUT2D eigenvalue weighted by Gasteiger charge is 2.17. The number of Topliss-reactive ketones (excluding diaryl/α,β-unsaturated/α-hetero) is 1. The molecule has 1 aromatic heterocycles. The number of rotatable bonds is 9. The number of halogens is 1. The van der Waals surface area contributed by atoms with Gasteiger partial charge in [-0.05, 0) is 36.4 Å². The monoisotopic (exact) mass is 503 g/mol. The number of carbonyl (C=O) groups excluding carboxylic acids is 2. The van der Waals surface area contributed by atoms with Crippen LogP contribution in [0.25, 0.3) is 5.69 Å². The summed E-state index contributed by atoms with van der Waals surface area (Å²) in [6.45, 7) is 1.86. The van der Waals surface area contributed by atoms with Crippen LogP contribution in [0.2, 0.25) is 0 Å². The van der Waals surface area contributed by atoms with Crippen LogP contribution in [0, 0.1) is 10.1 Å². The maximum Gasteiger partial charge on any atom is 0.269 e. The van der Waals surface area contributed by atoms with E-state index in [2.05, 4.69) is 31.4 Å². The highest BCUT2D eigenvalue weighted by atomic mass is 79.9. The molecule has 9 nitrogen and oxygen atoms in total. The molecular weight excluding hydrogens is 486 g/mol. The van der Waals surface area contributed by atoms with E-state index in [0.717, 1.165) is 10.2 Å². The van der Waals surface area contributed by atoms with E-state index in [9.17, 15) is 19.7 Å². The van der Waals surface area contributed by atoms with Gasteiger partial charge in [-0.2, -0.15) is 0 Å². The SMILES string of the molecule is CC(=O)NCCc1nnc(SCC(=O)c2ccc([N+](=O)[O-])cc2)n1-c1ccc(Br)cc1. The lowest BCUT2D eigenvalue weighted by atomic mass is 10.1. The molecule has 160 valence electrons. The lowest BCUT2D eigenvalue weighted by Gasteiger charge is -2.10. The van der Waals surface area contributed by atoms with Crippen molar-refractivity contribution in [3.05, 3.63) is 74.5 Å². The first-order valence-electron chi connectivity index (χ1n) is 9.20. The minimum absolute atomic E-state index is 0.0667. The second-order valence-corrected chi connectivity index (χ2v) is 8.32. The Balaban J connectivity index is 1.78. The van der Waals surface area contributed by atoms with Crippen LogP contribution >= 0.6 is 27.7 Å². The van der Waals surface area contributed by atoms with Gasteiger partial charge in [0.1, 0.15) is 5.82 Å². The van der Waals surface area contributed by atoms with Gasteiger partial charge in [-0.1, -0.05) is 27.7 Å². The Kier molecular flexibility index (Phi) is 7.53. The third kappa shape index (κ3) is 5.98. The predicted octanol–water partition coefficient (Wildman–Crippen LogP) is 3.59. The van der Waals surface area contributed by atoms with Gasteiger partial charge in [0.2, 0.25) is 5.91 Å². The van der Waals surface area contributed by atoms with Gasteiger partial charge in [0, 0.05) is 47.7 Å². The number of aromatic nitrogens is 3. The number of nitrogens with zero attached hydrogens (tertiary/aromatic N) is 4. The van der Waals surface area contributed by atoms with Crippen molar-refractivity contribution in [3.8, 4) is 5.69 Å². The Morgan fingerprint density at radius 3 is 2.42 bits per heavy atom. The molecule has 3 rings (SSSR count). The summed E-state index contributed by atoms with van der Waals surface area (Å²) in [5.41, 5.74) is 1.15. The maximum atomic E-state index is 12.5.